The van der Waals surface area contributed by atoms with Gasteiger partial charge in [0.05, 0.1) is 5.25 Å². The van der Waals surface area contributed by atoms with Crippen LogP contribution in [0.1, 0.15) is 38.3 Å². The Hall–Kier alpha value is -1.000. The molecule has 1 amide bonds. The number of aliphatic hydroxyl groups excluding tert-OH is 1. The van der Waals surface area contributed by atoms with E-state index in [4.69, 9.17) is 5.11 Å². The highest BCUT2D eigenvalue weighted by Crippen LogP contribution is 2.24. The fraction of sp³-hybridized carbons (Fsp3) is 0.562. The van der Waals surface area contributed by atoms with Gasteiger partial charge in [-0.2, -0.15) is 0 Å². The number of carbonyl (C=O) groups is 1. The predicted octanol–water partition coefficient (Wildman–Crippen LogP) is 3.25. The summed E-state index contributed by atoms with van der Waals surface area (Å²) in [5.41, 5.74) is 3.35. The molecule has 1 aromatic rings. The first kappa shape index (κ1) is 17.1. The molecule has 1 aromatic carbocycles. The number of carbonyl (C=O) groups excluding carboxylic acids is 1. The van der Waals surface area contributed by atoms with Gasteiger partial charge in [-0.05, 0) is 43.1 Å². The summed E-state index contributed by atoms with van der Waals surface area (Å²) >= 11 is 1.58. The molecule has 0 bridgehead atoms. The molecule has 1 rings (SSSR count). The van der Waals surface area contributed by atoms with Crippen LogP contribution in [0.15, 0.2) is 18.2 Å². The van der Waals surface area contributed by atoms with Gasteiger partial charge in [0.2, 0.25) is 5.91 Å². The third-order valence-electron chi connectivity index (χ3n) is 3.29. The number of benzene rings is 1. The first-order chi connectivity index (χ1) is 9.63. The minimum Gasteiger partial charge on any atom is -0.396 e. The first-order valence-corrected chi connectivity index (χ1v) is 8.32. The maximum absolute atomic E-state index is 12.2. The lowest BCUT2D eigenvalue weighted by molar-refractivity contribution is -0.115. The SMILES string of the molecule is CCc1cccc(CC)c1NC(=O)C(C)SCCCO. The molecule has 0 heterocycles. The molecule has 20 heavy (non-hydrogen) atoms. The fourth-order valence-electron chi connectivity index (χ4n) is 2.03. The maximum atomic E-state index is 12.2. The van der Waals surface area contributed by atoms with Gasteiger partial charge in [0.15, 0.2) is 0 Å². The van der Waals surface area contributed by atoms with Gasteiger partial charge in [-0.15, -0.1) is 11.8 Å². The number of hydrogen-bond acceptors (Lipinski definition) is 3. The van der Waals surface area contributed by atoms with Gasteiger partial charge in [0.1, 0.15) is 0 Å². The minimum atomic E-state index is -0.101. The summed E-state index contributed by atoms with van der Waals surface area (Å²) in [5, 5.41) is 11.8. The third-order valence-corrected chi connectivity index (χ3v) is 4.53. The Morgan fingerprint density at radius 1 is 1.30 bits per heavy atom. The first-order valence-electron chi connectivity index (χ1n) is 7.28. The molecule has 0 saturated heterocycles. The number of thioether (sulfide) groups is 1. The third kappa shape index (κ3) is 4.84. The second-order valence-electron chi connectivity index (χ2n) is 4.74. The van der Waals surface area contributed by atoms with Crippen LogP contribution in [0.5, 0.6) is 0 Å². The Morgan fingerprint density at radius 2 is 1.90 bits per heavy atom. The van der Waals surface area contributed by atoms with Crippen molar-refractivity contribution in [1.29, 1.82) is 0 Å². The number of hydrogen-bond donors (Lipinski definition) is 2. The van der Waals surface area contributed by atoms with Crippen LogP contribution in [0.25, 0.3) is 0 Å². The zero-order chi connectivity index (χ0) is 15.0. The van der Waals surface area contributed by atoms with Gasteiger partial charge in [0.25, 0.3) is 0 Å². The Kier molecular flexibility index (Phi) is 7.70. The average Bonchev–Trinajstić information content (AvgIpc) is 2.47. The largest absolute Gasteiger partial charge is 0.396 e. The van der Waals surface area contributed by atoms with Crippen molar-refractivity contribution in [2.24, 2.45) is 0 Å². The van der Waals surface area contributed by atoms with Crippen molar-refractivity contribution in [2.45, 2.75) is 45.3 Å². The lowest BCUT2D eigenvalue weighted by Gasteiger charge is -2.17. The predicted molar refractivity (Wildman–Crippen MR) is 87.5 cm³/mol. The molecule has 0 aliphatic heterocycles. The summed E-state index contributed by atoms with van der Waals surface area (Å²) in [6, 6.07) is 6.18. The van der Waals surface area contributed by atoms with Gasteiger partial charge in [-0.25, -0.2) is 0 Å². The highest BCUT2D eigenvalue weighted by molar-refractivity contribution is 8.00. The van der Waals surface area contributed by atoms with E-state index < -0.39 is 0 Å². The van der Waals surface area contributed by atoms with Crippen molar-refractivity contribution in [3.8, 4) is 0 Å². The molecule has 1 unspecified atom stereocenters. The van der Waals surface area contributed by atoms with Crippen LogP contribution in [0.2, 0.25) is 0 Å². The summed E-state index contributed by atoms with van der Waals surface area (Å²) in [6.07, 6.45) is 2.55. The lowest BCUT2D eigenvalue weighted by Crippen LogP contribution is -2.24. The number of aryl methyl sites for hydroxylation is 2. The molecule has 0 spiro atoms. The van der Waals surface area contributed by atoms with Crippen molar-refractivity contribution in [1.82, 2.24) is 0 Å². The van der Waals surface area contributed by atoms with E-state index in [1.54, 1.807) is 11.8 Å². The fourth-order valence-corrected chi connectivity index (χ4v) is 2.89. The number of rotatable bonds is 8. The van der Waals surface area contributed by atoms with Crippen LogP contribution in [0.4, 0.5) is 5.69 Å². The molecule has 0 fully saturated rings. The standard InChI is InChI=1S/C16H25NO2S/c1-4-13-8-6-9-14(5-2)15(13)17-16(19)12(3)20-11-7-10-18/h6,8-9,12,18H,4-5,7,10-11H2,1-3H3,(H,17,19). The molecule has 0 aliphatic rings. The van der Waals surface area contributed by atoms with E-state index in [0.717, 1.165) is 30.7 Å². The molecule has 1 atom stereocenters. The zero-order valence-electron chi connectivity index (χ0n) is 12.6. The monoisotopic (exact) mass is 295 g/mol. The minimum absolute atomic E-state index is 0.0449. The highest BCUT2D eigenvalue weighted by atomic mass is 32.2. The number of anilines is 1. The average molecular weight is 295 g/mol. The molecular weight excluding hydrogens is 270 g/mol. The maximum Gasteiger partial charge on any atom is 0.237 e. The van der Waals surface area contributed by atoms with E-state index in [1.807, 2.05) is 13.0 Å². The van der Waals surface area contributed by atoms with E-state index >= 15 is 0 Å². The Balaban J connectivity index is 2.74. The molecule has 0 aromatic heterocycles. The van der Waals surface area contributed by atoms with Crippen LogP contribution < -0.4 is 5.32 Å². The van der Waals surface area contributed by atoms with Crippen molar-refractivity contribution < 1.29 is 9.90 Å². The van der Waals surface area contributed by atoms with Crippen LogP contribution in [-0.2, 0) is 17.6 Å². The summed E-state index contributed by atoms with van der Waals surface area (Å²) in [7, 11) is 0. The summed E-state index contributed by atoms with van der Waals surface area (Å²) in [6.45, 7) is 6.30. The van der Waals surface area contributed by atoms with Gasteiger partial charge < -0.3 is 10.4 Å². The van der Waals surface area contributed by atoms with Gasteiger partial charge in [0, 0.05) is 12.3 Å². The molecule has 2 N–H and O–H groups in total. The lowest BCUT2D eigenvalue weighted by atomic mass is 10.0. The number of amides is 1. The zero-order valence-corrected chi connectivity index (χ0v) is 13.4. The van der Waals surface area contributed by atoms with Crippen molar-refractivity contribution in [3.63, 3.8) is 0 Å². The number of para-hydroxylation sites is 1. The summed E-state index contributed by atoms with van der Waals surface area (Å²) in [5.74, 6) is 0.852. The molecule has 0 aliphatic carbocycles. The highest BCUT2D eigenvalue weighted by Gasteiger charge is 2.16. The molecule has 112 valence electrons. The topological polar surface area (TPSA) is 49.3 Å². The molecule has 0 radical (unpaired) electrons. The van der Waals surface area contributed by atoms with Gasteiger partial charge in [-0.3, -0.25) is 4.79 Å². The number of nitrogens with one attached hydrogen (secondary N) is 1. The van der Waals surface area contributed by atoms with E-state index in [-0.39, 0.29) is 17.8 Å². The van der Waals surface area contributed by atoms with Gasteiger partial charge in [-0.1, -0.05) is 32.0 Å². The quantitative estimate of drug-likeness (QED) is 0.724. The Bertz CT molecular complexity index is 412. The van der Waals surface area contributed by atoms with E-state index in [0.29, 0.717) is 0 Å². The summed E-state index contributed by atoms with van der Waals surface area (Å²) in [4.78, 5) is 12.2. The smallest absolute Gasteiger partial charge is 0.237 e. The summed E-state index contributed by atoms with van der Waals surface area (Å²) < 4.78 is 0. The van der Waals surface area contributed by atoms with Gasteiger partial charge >= 0.3 is 0 Å². The second kappa shape index (κ2) is 9.03. The van der Waals surface area contributed by atoms with E-state index in [9.17, 15) is 4.79 Å². The normalized spacial score (nSPS) is 12.2. The molecule has 4 heteroatoms. The van der Waals surface area contributed by atoms with Crippen molar-refractivity contribution in [3.05, 3.63) is 29.3 Å². The van der Waals surface area contributed by atoms with Crippen molar-refractivity contribution >= 4 is 23.4 Å². The Morgan fingerprint density at radius 3 is 2.40 bits per heavy atom. The van der Waals surface area contributed by atoms with E-state index in [1.165, 1.54) is 11.1 Å². The van der Waals surface area contributed by atoms with Crippen molar-refractivity contribution in [2.75, 3.05) is 17.7 Å². The number of aliphatic hydroxyl groups is 1. The van der Waals surface area contributed by atoms with Crippen LogP contribution in [-0.4, -0.2) is 28.6 Å². The van der Waals surface area contributed by atoms with Crippen LogP contribution >= 0.6 is 11.8 Å². The van der Waals surface area contributed by atoms with Crippen LogP contribution in [0, 0.1) is 0 Å². The van der Waals surface area contributed by atoms with E-state index in [2.05, 4.69) is 31.3 Å². The molecule has 0 saturated carbocycles. The molecular formula is C16H25NO2S. The second-order valence-corrected chi connectivity index (χ2v) is 6.19. The molecule has 3 nitrogen and oxygen atoms in total. The Labute approximate surface area is 126 Å². The van der Waals surface area contributed by atoms with Crippen LogP contribution in [0.3, 0.4) is 0 Å².